The first-order chi connectivity index (χ1) is 9.64. The highest BCUT2D eigenvalue weighted by Crippen LogP contribution is 2.30. The first-order valence-corrected chi connectivity index (χ1v) is 6.83. The lowest BCUT2D eigenvalue weighted by Gasteiger charge is -2.27. The van der Waals surface area contributed by atoms with Gasteiger partial charge in [0.15, 0.2) is 6.29 Å². The second kappa shape index (κ2) is 5.00. The third-order valence-electron chi connectivity index (χ3n) is 3.53. The number of aldehydes is 1. The lowest BCUT2D eigenvalue weighted by molar-refractivity contribution is -0.113. The van der Waals surface area contributed by atoms with Gasteiger partial charge in [-0.05, 0) is 45.9 Å². The second-order valence-corrected chi connectivity index (χ2v) is 6.45. The van der Waals surface area contributed by atoms with Gasteiger partial charge in [0.05, 0.1) is 0 Å². The van der Waals surface area contributed by atoms with Crippen LogP contribution in [0.3, 0.4) is 0 Å². The predicted octanol–water partition coefficient (Wildman–Crippen LogP) is 2.11. The van der Waals surface area contributed by atoms with E-state index < -0.39 is 5.54 Å². The molecule has 0 bridgehead atoms. The number of hydrogen-bond acceptors (Lipinski definition) is 4. The first kappa shape index (κ1) is 15.3. The summed E-state index contributed by atoms with van der Waals surface area (Å²) in [7, 11) is 0. The Balaban J connectivity index is 2.22. The fourth-order valence-corrected chi connectivity index (χ4v) is 2.76. The molecule has 1 amide bonds. The van der Waals surface area contributed by atoms with Gasteiger partial charge in [0.1, 0.15) is 0 Å². The van der Waals surface area contributed by atoms with Gasteiger partial charge in [-0.2, -0.15) is 0 Å². The van der Waals surface area contributed by atoms with Gasteiger partial charge < -0.3 is 11.1 Å². The molecule has 0 radical (unpaired) electrons. The van der Waals surface area contributed by atoms with Crippen molar-refractivity contribution in [3.63, 3.8) is 0 Å². The van der Waals surface area contributed by atoms with Crippen molar-refractivity contribution in [2.24, 2.45) is 0 Å². The zero-order valence-corrected chi connectivity index (χ0v) is 12.8. The van der Waals surface area contributed by atoms with Crippen LogP contribution in [0.15, 0.2) is 29.8 Å². The summed E-state index contributed by atoms with van der Waals surface area (Å²) in [5.74, 6) is -0.170. The SMILES string of the molecule is CC1(C)C=C(C(=O)Nc2ccc(C=O)c(N)c2)C(C)(C)N1. The molecule has 1 aliphatic rings. The number of nitrogen functional groups attached to an aromatic ring is 1. The summed E-state index contributed by atoms with van der Waals surface area (Å²) in [4.78, 5) is 23.2. The summed E-state index contributed by atoms with van der Waals surface area (Å²) in [5.41, 5.74) is 7.14. The molecule has 0 unspecified atom stereocenters. The molecular weight excluding hydrogens is 266 g/mol. The highest BCUT2D eigenvalue weighted by Gasteiger charge is 2.40. The van der Waals surface area contributed by atoms with E-state index in [0.717, 1.165) is 0 Å². The number of anilines is 2. The summed E-state index contributed by atoms with van der Waals surface area (Å²) >= 11 is 0. The molecule has 112 valence electrons. The van der Waals surface area contributed by atoms with E-state index in [1.807, 2.05) is 33.8 Å². The van der Waals surface area contributed by atoms with Crippen molar-refractivity contribution < 1.29 is 9.59 Å². The molecule has 1 aliphatic heterocycles. The lowest BCUT2D eigenvalue weighted by Crippen LogP contribution is -2.47. The molecule has 5 nitrogen and oxygen atoms in total. The van der Waals surface area contributed by atoms with E-state index in [2.05, 4.69) is 10.6 Å². The first-order valence-electron chi connectivity index (χ1n) is 6.83. The van der Waals surface area contributed by atoms with E-state index in [0.29, 0.717) is 28.8 Å². The molecule has 0 saturated carbocycles. The van der Waals surface area contributed by atoms with Gasteiger partial charge in [0.25, 0.3) is 5.91 Å². The molecule has 0 saturated heterocycles. The molecule has 0 aliphatic carbocycles. The van der Waals surface area contributed by atoms with Gasteiger partial charge in [-0.15, -0.1) is 0 Å². The quantitative estimate of drug-likeness (QED) is 0.587. The third kappa shape index (κ3) is 3.13. The van der Waals surface area contributed by atoms with Crippen molar-refractivity contribution in [2.45, 2.75) is 38.8 Å². The number of benzene rings is 1. The predicted molar refractivity (Wildman–Crippen MR) is 84.2 cm³/mol. The number of nitrogens with one attached hydrogen (secondary N) is 2. The summed E-state index contributed by atoms with van der Waals surface area (Å²) < 4.78 is 0. The fraction of sp³-hybridized carbons (Fsp3) is 0.375. The molecule has 0 aromatic heterocycles. The van der Waals surface area contributed by atoms with Crippen LogP contribution < -0.4 is 16.4 Å². The minimum atomic E-state index is -0.401. The van der Waals surface area contributed by atoms with Crippen molar-refractivity contribution in [3.8, 4) is 0 Å². The fourth-order valence-electron chi connectivity index (χ4n) is 2.76. The number of hydrogen-bond donors (Lipinski definition) is 3. The molecule has 1 heterocycles. The topological polar surface area (TPSA) is 84.2 Å². The highest BCUT2D eigenvalue weighted by atomic mass is 16.1. The maximum absolute atomic E-state index is 12.5. The van der Waals surface area contributed by atoms with Crippen molar-refractivity contribution >= 4 is 23.6 Å². The Labute approximate surface area is 124 Å². The van der Waals surface area contributed by atoms with Crippen LogP contribution in [0.1, 0.15) is 38.1 Å². The number of carbonyl (C=O) groups is 2. The molecule has 0 atom stereocenters. The zero-order valence-electron chi connectivity index (χ0n) is 12.8. The van der Waals surface area contributed by atoms with E-state index >= 15 is 0 Å². The van der Waals surface area contributed by atoms with Crippen molar-refractivity contribution in [2.75, 3.05) is 11.1 Å². The van der Waals surface area contributed by atoms with Gasteiger partial charge in [-0.1, -0.05) is 6.08 Å². The molecular formula is C16H21N3O2. The maximum atomic E-state index is 12.5. The average Bonchev–Trinajstić information content (AvgIpc) is 2.57. The number of amides is 1. The van der Waals surface area contributed by atoms with Crippen LogP contribution in [0.5, 0.6) is 0 Å². The van der Waals surface area contributed by atoms with Gasteiger partial charge in [0, 0.05) is 33.6 Å². The van der Waals surface area contributed by atoms with Gasteiger partial charge >= 0.3 is 0 Å². The molecule has 2 rings (SSSR count). The number of nitrogens with two attached hydrogens (primary N) is 1. The molecule has 1 aromatic rings. The molecule has 1 aromatic carbocycles. The van der Waals surface area contributed by atoms with E-state index in [9.17, 15) is 9.59 Å². The van der Waals surface area contributed by atoms with Gasteiger partial charge in [-0.25, -0.2) is 0 Å². The molecule has 0 spiro atoms. The van der Waals surface area contributed by atoms with Gasteiger partial charge in [-0.3, -0.25) is 14.9 Å². The number of carbonyl (C=O) groups excluding carboxylic acids is 2. The van der Waals surface area contributed by atoms with E-state index in [-0.39, 0.29) is 11.4 Å². The normalized spacial score (nSPS) is 19.0. The van der Waals surface area contributed by atoms with Crippen LogP contribution in [0.2, 0.25) is 0 Å². The Morgan fingerprint density at radius 3 is 2.43 bits per heavy atom. The van der Waals surface area contributed by atoms with Crippen LogP contribution in [-0.4, -0.2) is 23.3 Å². The Morgan fingerprint density at radius 2 is 1.95 bits per heavy atom. The van der Waals surface area contributed by atoms with Crippen molar-refractivity contribution in [1.82, 2.24) is 5.32 Å². The monoisotopic (exact) mass is 287 g/mol. The smallest absolute Gasteiger partial charge is 0.253 e. The highest BCUT2D eigenvalue weighted by molar-refractivity contribution is 6.06. The summed E-state index contributed by atoms with van der Waals surface area (Å²) in [6.07, 6.45) is 2.63. The summed E-state index contributed by atoms with van der Waals surface area (Å²) in [5, 5.41) is 6.22. The Bertz CT molecular complexity index is 630. The van der Waals surface area contributed by atoms with Crippen molar-refractivity contribution in [3.05, 3.63) is 35.4 Å². The van der Waals surface area contributed by atoms with Crippen LogP contribution in [0.4, 0.5) is 11.4 Å². The molecule has 0 fully saturated rings. The Hall–Kier alpha value is -2.14. The van der Waals surface area contributed by atoms with E-state index in [1.54, 1.807) is 18.2 Å². The minimum Gasteiger partial charge on any atom is -0.398 e. The Kier molecular flexibility index (Phi) is 3.63. The minimum absolute atomic E-state index is 0.170. The zero-order chi connectivity index (χ0) is 15.8. The molecule has 5 heteroatoms. The van der Waals surface area contributed by atoms with Gasteiger partial charge in [0.2, 0.25) is 0 Å². The lowest BCUT2D eigenvalue weighted by atomic mass is 9.96. The standard InChI is InChI=1S/C16H21N3O2/c1-15(2)8-12(16(3,4)19-15)14(21)18-11-6-5-10(9-20)13(17)7-11/h5-9,19H,17H2,1-4H3,(H,18,21). The van der Waals surface area contributed by atoms with Crippen LogP contribution in [0.25, 0.3) is 0 Å². The summed E-state index contributed by atoms with van der Waals surface area (Å²) in [6.45, 7) is 7.98. The second-order valence-electron chi connectivity index (χ2n) is 6.45. The maximum Gasteiger partial charge on any atom is 0.253 e. The van der Waals surface area contributed by atoms with Crippen LogP contribution in [0, 0.1) is 0 Å². The summed E-state index contributed by atoms with van der Waals surface area (Å²) in [6, 6.07) is 4.84. The molecule has 4 N–H and O–H groups in total. The molecule has 21 heavy (non-hydrogen) atoms. The Morgan fingerprint density at radius 1 is 1.29 bits per heavy atom. The van der Waals surface area contributed by atoms with Crippen molar-refractivity contribution in [1.29, 1.82) is 0 Å². The third-order valence-corrected chi connectivity index (χ3v) is 3.53. The number of rotatable bonds is 3. The van der Waals surface area contributed by atoms with Crippen LogP contribution >= 0.6 is 0 Å². The van der Waals surface area contributed by atoms with E-state index in [1.165, 1.54) is 0 Å². The van der Waals surface area contributed by atoms with E-state index in [4.69, 9.17) is 5.73 Å². The average molecular weight is 287 g/mol. The van der Waals surface area contributed by atoms with Crippen LogP contribution in [-0.2, 0) is 4.79 Å². The largest absolute Gasteiger partial charge is 0.398 e.